The Balaban J connectivity index is 1.90. The van der Waals surface area contributed by atoms with Gasteiger partial charge in [0, 0.05) is 0 Å². The number of hydrogen-bond acceptors (Lipinski definition) is 5. The summed E-state index contributed by atoms with van der Waals surface area (Å²) < 4.78 is 40.1. The molecule has 2 N–H and O–H groups in total. The van der Waals surface area contributed by atoms with Gasteiger partial charge in [-0.2, -0.15) is 18.4 Å². The molecule has 154 valence electrons. The molecule has 0 amide bonds. The van der Waals surface area contributed by atoms with Crippen LogP contribution >= 0.6 is 0 Å². The topological polar surface area (TPSA) is 95.0 Å². The van der Waals surface area contributed by atoms with E-state index in [-0.39, 0.29) is 23.0 Å². The highest BCUT2D eigenvalue weighted by Crippen LogP contribution is 2.37. The second-order valence-electron chi connectivity index (χ2n) is 6.58. The molecule has 0 radical (unpaired) electrons. The van der Waals surface area contributed by atoms with E-state index in [1.807, 2.05) is 6.07 Å². The second kappa shape index (κ2) is 7.50. The van der Waals surface area contributed by atoms with Gasteiger partial charge in [0.25, 0.3) is 0 Å². The molecule has 0 aliphatic rings. The van der Waals surface area contributed by atoms with Crippen molar-refractivity contribution in [3.8, 4) is 46.0 Å². The van der Waals surface area contributed by atoms with Gasteiger partial charge in [0.1, 0.15) is 11.5 Å². The van der Waals surface area contributed by atoms with Crippen LogP contribution in [0, 0.1) is 11.3 Å². The van der Waals surface area contributed by atoms with Crippen LogP contribution in [-0.4, -0.2) is 25.0 Å². The Bertz CT molecular complexity index is 1310. The molecule has 9 heteroatoms. The van der Waals surface area contributed by atoms with Crippen LogP contribution < -0.4 is 0 Å². The molecule has 0 saturated carbocycles. The summed E-state index contributed by atoms with van der Waals surface area (Å²) in [5, 5.41) is 33.8. The summed E-state index contributed by atoms with van der Waals surface area (Å²) in [7, 11) is 0. The SMILES string of the molecule is N#Cc1ccc(-n2nc(-c3ccc(C(F)(F)F)cc3O)nc2-c2ccccc2O)cc1. The normalized spacial score (nSPS) is 11.3. The summed E-state index contributed by atoms with van der Waals surface area (Å²) >= 11 is 0. The lowest BCUT2D eigenvalue weighted by Crippen LogP contribution is -2.04. The predicted octanol–water partition coefficient (Wildman–Crippen LogP) is 4.90. The van der Waals surface area contributed by atoms with E-state index in [4.69, 9.17) is 5.26 Å². The minimum absolute atomic E-state index is 0.00272. The molecule has 0 spiro atoms. The number of rotatable bonds is 3. The molecule has 0 saturated heterocycles. The number of para-hydroxylation sites is 1. The Morgan fingerprint density at radius 2 is 1.58 bits per heavy atom. The number of phenols is 2. The van der Waals surface area contributed by atoms with E-state index >= 15 is 0 Å². The van der Waals surface area contributed by atoms with Crippen LogP contribution in [0.5, 0.6) is 11.5 Å². The Hall–Kier alpha value is -4.32. The number of nitrogens with zero attached hydrogens (tertiary/aromatic N) is 4. The van der Waals surface area contributed by atoms with Crippen molar-refractivity contribution in [1.29, 1.82) is 5.26 Å². The molecule has 0 bridgehead atoms. The lowest BCUT2D eigenvalue weighted by Gasteiger charge is -2.08. The van der Waals surface area contributed by atoms with Crippen molar-refractivity contribution in [2.24, 2.45) is 0 Å². The maximum atomic E-state index is 12.9. The number of nitriles is 1. The Morgan fingerprint density at radius 3 is 2.19 bits per heavy atom. The monoisotopic (exact) mass is 422 g/mol. The van der Waals surface area contributed by atoms with E-state index in [1.54, 1.807) is 42.5 Å². The number of halogens is 3. The Kier molecular flexibility index (Phi) is 4.83. The number of alkyl halides is 3. The van der Waals surface area contributed by atoms with Crippen molar-refractivity contribution in [1.82, 2.24) is 14.8 Å². The maximum absolute atomic E-state index is 12.9. The van der Waals surface area contributed by atoms with Crippen LogP contribution in [0.25, 0.3) is 28.5 Å². The fourth-order valence-electron chi connectivity index (χ4n) is 3.02. The molecule has 0 atom stereocenters. The zero-order chi connectivity index (χ0) is 22.2. The van der Waals surface area contributed by atoms with Gasteiger partial charge < -0.3 is 10.2 Å². The number of phenolic OH excluding ortho intramolecular Hbond substituents is 2. The van der Waals surface area contributed by atoms with Gasteiger partial charge in [-0.3, -0.25) is 0 Å². The maximum Gasteiger partial charge on any atom is 0.416 e. The summed E-state index contributed by atoms with van der Waals surface area (Å²) in [6, 6.07) is 17.3. The van der Waals surface area contributed by atoms with Crippen molar-refractivity contribution in [3.63, 3.8) is 0 Å². The van der Waals surface area contributed by atoms with Gasteiger partial charge in [-0.15, -0.1) is 5.10 Å². The molecule has 1 aromatic heterocycles. The average Bonchev–Trinajstić information content (AvgIpc) is 3.18. The van der Waals surface area contributed by atoms with E-state index in [1.165, 1.54) is 10.7 Å². The zero-order valence-corrected chi connectivity index (χ0v) is 15.7. The zero-order valence-electron chi connectivity index (χ0n) is 15.7. The van der Waals surface area contributed by atoms with Gasteiger partial charge in [-0.1, -0.05) is 12.1 Å². The first-order valence-electron chi connectivity index (χ1n) is 8.94. The summed E-state index contributed by atoms with van der Waals surface area (Å²) in [5.41, 5.74) is 0.256. The van der Waals surface area contributed by atoms with Gasteiger partial charge in [-0.05, 0) is 54.6 Å². The molecule has 1 heterocycles. The summed E-state index contributed by atoms with van der Waals surface area (Å²) in [5.74, 6) is -0.533. The first kappa shape index (κ1) is 20.0. The molecule has 4 aromatic rings. The largest absolute Gasteiger partial charge is 0.507 e. The minimum atomic E-state index is -4.60. The quantitative estimate of drug-likeness (QED) is 0.490. The van der Waals surface area contributed by atoms with Crippen molar-refractivity contribution in [2.45, 2.75) is 6.18 Å². The van der Waals surface area contributed by atoms with Crippen molar-refractivity contribution in [2.75, 3.05) is 0 Å². The third-order valence-corrected chi connectivity index (χ3v) is 4.56. The fraction of sp³-hybridized carbons (Fsp3) is 0.0455. The van der Waals surface area contributed by atoms with Gasteiger partial charge in [0.15, 0.2) is 11.6 Å². The van der Waals surface area contributed by atoms with Crippen LogP contribution in [0.15, 0.2) is 66.7 Å². The number of aromatic nitrogens is 3. The van der Waals surface area contributed by atoms with Crippen LogP contribution in [-0.2, 0) is 6.18 Å². The lowest BCUT2D eigenvalue weighted by atomic mass is 10.1. The van der Waals surface area contributed by atoms with E-state index in [2.05, 4.69) is 10.1 Å². The third kappa shape index (κ3) is 3.79. The van der Waals surface area contributed by atoms with Gasteiger partial charge >= 0.3 is 6.18 Å². The van der Waals surface area contributed by atoms with E-state index in [0.29, 0.717) is 22.9 Å². The average molecular weight is 422 g/mol. The Morgan fingerprint density at radius 1 is 0.871 bits per heavy atom. The first-order chi connectivity index (χ1) is 14.8. The second-order valence-corrected chi connectivity index (χ2v) is 6.58. The highest BCUT2D eigenvalue weighted by atomic mass is 19.4. The molecule has 0 aliphatic heterocycles. The molecule has 6 nitrogen and oxygen atoms in total. The summed E-state index contributed by atoms with van der Waals surface area (Å²) in [6.07, 6.45) is -4.60. The Labute approximate surface area is 174 Å². The van der Waals surface area contributed by atoms with Gasteiger partial charge in [0.2, 0.25) is 0 Å². The lowest BCUT2D eigenvalue weighted by molar-refractivity contribution is -0.137. The fourth-order valence-corrected chi connectivity index (χ4v) is 3.02. The standard InChI is InChI=1S/C22H13F3N4O2/c23-22(24,25)14-7-10-16(19(31)11-14)20-27-21(17-3-1-2-4-18(17)30)29(28-20)15-8-5-13(12-26)6-9-15/h1-11,30-31H. The molecule has 3 aromatic carbocycles. The first-order valence-corrected chi connectivity index (χ1v) is 8.94. The minimum Gasteiger partial charge on any atom is -0.507 e. The van der Waals surface area contributed by atoms with Gasteiger partial charge in [-0.25, -0.2) is 9.67 Å². The van der Waals surface area contributed by atoms with E-state index in [9.17, 15) is 23.4 Å². The van der Waals surface area contributed by atoms with E-state index in [0.717, 1.165) is 12.1 Å². The van der Waals surface area contributed by atoms with Crippen LogP contribution in [0.3, 0.4) is 0 Å². The summed E-state index contributed by atoms with van der Waals surface area (Å²) in [6.45, 7) is 0. The van der Waals surface area contributed by atoms with Gasteiger partial charge in [0.05, 0.1) is 34.0 Å². The molecule has 0 aliphatic carbocycles. The number of aromatic hydroxyl groups is 2. The number of hydrogen-bond donors (Lipinski definition) is 2. The van der Waals surface area contributed by atoms with Crippen molar-refractivity contribution >= 4 is 0 Å². The predicted molar refractivity (Wildman–Crippen MR) is 105 cm³/mol. The van der Waals surface area contributed by atoms with Crippen LogP contribution in [0.4, 0.5) is 13.2 Å². The molecular weight excluding hydrogens is 409 g/mol. The third-order valence-electron chi connectivity index (χ3n) is 4.56. The molecule has 0 unspecified atom stereocenters. The van der Waals surface area contributed by atoms with Crippen molar-refractivity contribution in [3.05, 3.63) is 77.9 Å². The molecule has 31 heavy (non-hydrogen) atoms. The summed E-state index contributed by atoms with van der Waals surface area (Å²) in [4.78, 5) is 4.37. The smallest absolute Gasteiger partial charge is 0.416 e. The highest BCUT2D eigenvalue weighted by molar-refractivity contribution is 5.71. The molecular formula is C22H13F3N4O2. The highest BCUT2D eigenvalue weighted by Gasteiger charge is 2.31. The van der Waals surface area contributed by atoms with Crippen molar-refractivity contribution < 1.29 is 23.4 Å². The molecule has 4 rings (SSSR count). The van der Waals surface area contributed by atoms with E-state index < -0.39 is 17.5 Å². The number of benzene rings is 3. The molecule has 0 fully saturated rings. The van der Waals surface area contributed by atoms with Crippen LogP contribution in [0.2, 0.25) is 0 Å². The van der Waals surface area contributed by atoms with Crippen LogP contribution in [0.1, 0.15) is 11.1 Å².